The molecule has 0 bridgehead atoms. The predicted molar refractivity (Wildman–Crippen MR) is 107 cm³/mol. The fourth-order valence-corrected chi connectivity index (χ4v) is 2.90. The SMILES string of the molecule is COc1ccc(Br)c(CNCCN(C)C)c1OCc1ccc(Cl)cc1. The Labute approximate surface area is 163 Å². The standard InChI is InChI=1S/C19H24BrClN2O2/c1-23(2)11-10-22-12-16-17(20)8-9-18(24-3)19(16)25-13-14-4-6-15(21)7-5-14/h4-9,22H,10-13H2,1-3H3. The normalized spacial score (nSPS) is 11.0. The first-order valence-corrected chi connectivity index (χ1v) is 9.26. The fourth-order valence-electron chi connectivity index (χ4n) is 2.32. The van der Waals surface area contributed by atoms with Crippen molar-refractivity contribution in [1.82, 2.24) is 10.2 Å². The molecule has 0 radical (unpaired) electrons. The van der Waals surface area contributed by atoms with Gasteiger partial charge < -0.3 is 19.7 Å². The van der Waals surface area contributed by atoms with Crippen molar-refractivity contribution in [3.63, 3.8) is 0 Å². The van der Waals surface area contributed by atoms with Crippen molar-refractivity contribution >= 4 is 27.5 Å². The van der Waals surface area contributed by atoms with E-state index in [-0.39, 0.29) is 0 Å². The molecule has 2 rings (SSSR count). The Bertz CT molecular complexity index is 678. The van der Waals surface area contributed by atoms with Crippen LogP contribution in [-0.4, -0.2) is 39.2 Å². The fraction of sp³-hybridized carbons (Fsp3) is 0.368. The van der Waals surface area contributed by atoms with Crippen molar-refractivity contribution in [3.05, 3.63) is 57.0 Å². The second kappa shape index (κ2) is 10.0. The predicted octanol–water partition coefficient (Wildman–Crippen LogP) is 4.34. The quantitative estimate of drug-likeness (QED) is 0.604. The minimum absolute atomic E-state index is 0.453. The molecule has 0 aromatic heterocycles. The third-order valence-corrected chi connectivity index (χ3v) is 4.72. The molecule has 0 aliphatic carbocycles. The highest BCUT2D eigenvalue weighted by Gasteiger charge is 2.14. The van der Waals surface area contributed by atoms with Gasteiger partial charge in [-0.25, -0.2) is 0 Å². The zero-order valence-electron chi connectivity index (χ0n) is 14.8. The highest BCUT2D eigenvalue weighted by atomic mass is 79.9. The molecule has 0 atom stereocenters. The van der Waals surface area contributed by atoms with Crippen LogP contribution in [0.4, 0.5) is 0 Å². The summed E-state index contributed by atoms with van der Waals surface area (Å²) in [6.07, 6.45) is 0. The van der Waals surface area contributed by atoms with Gasteiger partial charge >= 0.3 is 0 Å². The van der Waals surface area contributed by atoms with Crippen LogP contribution in [0.3, 0.4) is 0 Å². The summed E-state index contributed by atoms with van der Waals surface area (Å²) in [4.78, 5) is 2.14. The Balaban J connectivity index is 2.12. The first-order chi connectivity index (χ1) is 12.0. The van der Waals surface area contributed by atoms with Crippen molar-refractivity contribution in [2.75, 3.05) is 34.3 Å². The zero-order valence-corrected chi connectivity index (χ0v) is 17.2. The third-order valence-electron chi connectivity index (χ3n) is 3.72. The molecule has 25 heavy (non-hydrogen) atoms. The Morgan fingerprint density at radius 3 is 2.48 bits per heavy atom. The van der Waals surface area contributed by atoms with Gasteiger partial charge in [-0.3, -0.25) is 0 Å². The minimum Gasteiger partial charge on any atom is -0.493 e. The van der Waals surface area contributed by atoms with E-state index in [1.807, 2.05) is 36.4 Å². The first-order valence-electron chi connectivity index (χ1n) is 8.09. The highest BCUT2D eigenvalue weighted by molar-refractivity contribution is 9.10. The molecule has 2 aromatic rings. The maximum absolute atomic E-state index is 6.10. The lowest BCUT2D eigenvalue weighted by Crippen LogP contribution is -2.26. The molecule has 6 heteroatoms. The van der Waals surface area contributed by atoms with Gasteiger partial charge in [-0.05, 0) is 43.9 Å². The van der Waals surface area contributed by atoms with Crippen LogP contribution in [0.1, 0.15) is 11.1 Å². The van der Waals surface area contributed by atoms with Crippen LogP contribution in [0.25, 0.3) is 0 Å². The molecule has 0 aliphatic heterocycles. The van der Waals surface area contributed by atoms with Gasteiger partial charge in [0.15, 0.2) is 11.5 Å². The van der Waals surface area contributed by atoms with Gasteiger partial charge in [0.05, 0.1) is 7.11 Å². The minimum atomic E-state index is 0.453. The second-order valence-electron chi connectivity index (χ2n) is 5.95. The molecule has 136 valence electrons. The van der Waals surface area contributed by atoms with Crippen LogP contribution in [-0.2, 0) is 13.2 Å². The van der Waals surface area contributed by atoms with Gasteiger partial charge in [0.2, 0.25) is 0 Å². The summed E-state index contributed by atoms with van der Waals surface area (Å²) in [6, 6.07) is 11.5. The van der Waals surface area contributed by atoms with E-state index in [4.69, 9.17) is 21.1 Å². The summed E-state index contributed by atoms with van der Waals surface area (Å²) in [5.41, 5.74) is 2.10. The lowest BCUT2D eigenvalue weighted by molar-refractivity contribution is 0.280. The molecule has 0 aliphatic rings. The molecule has 1 N–H and O–H groups in total. The molecule has 0 fully saturated rings. The number of benzene rings is 2. The number of methoxy groups -OCH3 is 1. The van der Waals surface area contributed by atoms with Crippen LogP contribution in [0.2, 0.25) is 5.02 Å². The number of ether oxygens (including phenoxy) is 2. The number of likely N-dealkylation sites (N-methyl/N-ethyl adjacent to an activating group) is 1. The van der Waals surface area contributed by atoms with Crippen LogP contribution in [0, 0.1) is 0 Å². The summed E-state index contributed by atoms with van der Waals surface area (Å²) < 4.78 is 12.6. The second-order valence-corrected chi connectivity index (χ2v) is 7.24. The van der Waals surface area contributed by atoms with Gasteiger partial charge in [-0.2, -0.15) is 0 Å². The smallest absolute Gasteiger partial charge is 0.167 e. The maximum atomic E-state index is 6.10. The van der Waals surface area contributed by atoms with E-state index in [0.29, 0.717) is 13.2 Å². The summed E-state index contributed by atoms with van der Waals surface area (Å²) in [7, 11) is 5.77. The summed E-state index contributed by atoms with van der Waals surface area (Å²) in [6.45, 7) is 3.02. The van der Waals surface area contributed by atoms with Crippen molar-refractivity contribution < 1.29 is 9.47 Å². The van der Waals surface area contributed by atoms with Gasteiger partial charge in [0.1, 0.15) is 6.61 Å². The number of hydrogen-bond donors (Lipinski definition) is 1. The van der Waals surface area contributed by atoms with Crippen molar-refractivity contribution in [3.8, 4) is 11.5 Å². The van der Waals surface area contributed by atoms with E-state index in [1.165, 1.54) is 0 Å². The topological polar surface area (TPSA) is 33.7 Å². The van der Waals surface area contributed by atoms with Crippen molar-refractivity contribution in [1.29, 1.82) is 0 Å². The molecular formula is C19H24BrClN2O2. The number of nitrogens with one attached hydrogen (secondary N) is 1. The lowest BCUT2D eigenvalue weighted by atomic mass is 10.1. The highest BCUT2D eigenvalue weighted by Crippen LogP contribution is 2.36. The van der Waals surface area contributed by atoms with Gasteiger partial charge in [-0.1, -0.05) is 39.7 Å². The number of rotatable bonds is 9. The Morgan fingerprint density at radius 1 is 1.12 bits per heavy atom. The average molecular weight is 428 g/mol. The van der Waals surface area contributed by atoms with E-state index >= 15 is 0 Å². The summed E-state index contributed by atoms with van der Waals surface area (Å²) in [5, 5.41) is 4.16. The van der Waals surface area contributed by atoms with E-state index in [2.05, 4.69) is 40.2 Å². The Kier molecular flexibility index (Phi) is 8.03. The molecule has 2 aromatic carbocycles. The average Bonchev–Trinajstić information content (AvgIpc) is 2.59. The van der Waals surface area contributed by atoms with Crippen LogP contribution in [0.15, 0.2) is 40.9 Å². The van der Waals surface area contributed by atoms with Gasteiger partial charge in [0, 0.05) is 34.7 Å². The molecule has 0 spiro atoms. The van der Waals surface area contributed by atoms with Crippen LogP contribution < -0.4 is 14.8 Å². The molecule has 0 saturated heterocycles. The van der Waals surface area contributed by atoms with E-state index < -0.39 is 0 Å². The van der Waals surface area contributed by atoms with Crippen molar-refractivity contribution in [2.24, 2.45) is 0 Å². The largest absolute Gasteiger partial charge is 0.493 e. The molecule has 4 nitrogen and oxygen atoms in total. The summed E-state index contributed by atoms with van der Waals surface area (Å²) >= 11 is 9.56. The molecule has 0 heterocycles. The van der Waals surface area contributed by atoms with Gasteiger partial charge in [0.25, 0.3) is 0 Å². The Hall–Kier alpha value is -1.27. The molecule has 0 unspecified atom stereocenters. The zero-order chi connectivity index (χ0) is 18.2. The Morgan fingerprint density at radius 2 is 1.84 bits per heavy atom. The van der Waals surface area contributed by atoms with E-state index in [0.717, 1.165) is 45.2 Å². The third kappa shape index (κ3) is 6.19. The maximum Gasteiger partial charge on any atom is 0.167 e. The number of halogens is 2. The van der Waals surface area contributed by atoms with E-state index in [1.54, 1.807) is 7.11 Å². The first kappa shape index (κ1) is 20.0. The number of nitrogens with zero attached hydrogens (tertiary/aromatic N) is 1. The molecular weight excluding hydrogens is 404 g/mol. The summed E-state index contributed by atoms with van der Waals surface area (Å²) in [5.74, 6) is 1.48. The molecule has 0 saturated carbocycles. The van der Waals surface area contributed by atoms with Crippen molar-refractivity contribution in [2.45, 2.75) is 13.2 Å². The monoisotopic (exact) mass is 426 g/mol. The molecule has 0 amide bonds. The van der Waals surface area contributed by atoms with Crippen LogP contribution >= 0.6 is 27.5 Å². The van der Waals surface area contributed by atoms with Gasteiger partial charge in [-0.15, -0.1) is 0 Å². The van der Waals surface area contributed by atoms with Crippen LogP contribution in [0.5, 0.6) is 11.5 Å². The lowest BCUT2D eigenvalue weighted by Gasteiger charge is -2.18. The van der Waals surface area contributed by atoms with E-state index in [9.17, 15) is 0 Å². The number of hydrogen-bond acceptors (Lipinski definition) is 4.